The number of thiocarbonyl (C=S) groups is 1. The minimum Gasteiger partial charge on any atom is -0.488 e. The van der Waals surface area contributed by atoms with E-state index in [9.17, 15) is 4.39 Å². The normalized spacial score (nSPS) is 10.6. The summed E-state index contributed by atoms with van der Waals surface area (Å²) in [6.45, 7) is 1.90. The molecule has 0 amide bonds. The van der Waals surface area contributed by atoms with Crippen molar-refractivity contribution in [2.24, 2.45) is 5.73 Å². The van der Waals surface area contributed by atoms with E-state index in [0.717, 1.165) is 6.42 Å². The molecule has 0 bridgehead atoms. The first-order valence-electron chi connectivity index (χ1n) is 6.05. The van der Waals surface area contributed by atoms with E-state index in [4.69, 9.17) is 32.2 Å². The number of ether oxygens (including phenoxy) is 3. The smallest absolute Gasteiger partial charge is 0.179 e. The van der Waals surface area contributed by atoms with Crippen LogP contribution < -0.4 is 10.5 Å². The van der Waals surface area contributed by atoms with Crippen molar-refractivity contribution >= 4 is 33.1 Å². The molecule has 1 aromatic rings. The van der Waals surface area contributed by atoms with Gasteiger partial charge in [0, 0.05) is 25.9 Å². The van der Waals surface area contributed by atoms with Gasteiger partial charge in [-0.05, 0) is 34.5 Å². The molecule has 1 aromatic carbocycles. The highest BCUT2D eigenvalue weighted by Gasteiger charge is 2.13. The van der Waals surface area contributed by atoms with E-state index < -0.39 is 5.82 Å². The molecule has 112 valence electrons. The molecule has 2 N–H and O–H groups in total. The van der Waals surface area contributed by atoms with Crippen LogP contribution in [0, 0.1) is 5.82 Å². The Morgan fingerprint density at radius 2 is 2.05 bits per heavy atom. The lowest BCUT2D eigenvalue weighted by Crippen LogP contribution is -2.12. The average Bonchev–Trinajstić information content (AvgIpc) is 2.42. The minimum absolute atomic E-state index is 0.129. The van der Waals surface area contributed by atoms with Gasteiger partial charge in [-0.15, -0.1) is 0 Å². The Labute approximate surface area is 131 Å². The highest BCUT2D eigenvalue weighted by atomic mass is 79.9. The molecule has 0 saturated carbocycles. The Hall–Kier alpha value is -0.760. The number of methoxy groups -OCH3 is 1. The lowest BCUT2D eigenvalue weighted by atomic mass is 10.2. The first kappa shape index (κ1) is 17.3. The molecule has 0 aromatic heterocycles. The van der Waals surface area contributed by atoms with Crippen LogP contribution >= 0.6 is 28.1 Å². The monoisotopic (exact) mass is 365 g/mol. The van der Waals surface area contributed by atoms with E-state index >= 15 is 0 Å². The van der Waals surface area contributed by atoms with Crippen molar-refractivity contribution in [3.05, 3.63) is 28.0 Å². The molecule has 0 radical (unpaired) electrons. The molecule has 20 heavy (non-hydrogen) atoms. The number of rotatable bonds is 9. The van der Waals surface area contributed by atoms with Crippen LogP contribution in [0.1, 0.15) is 12.0 Å². The van der Waals surface area contributed by atoms with Crippen LogP contribution in [0.4, 0.5) is 4.39 Å². The molecular weight excluding hydrogens is 349 g/mol. The van der Waals surface area contributed by atoms with Crippen molar-refractivity contribution in [1.82, 2.24) is 0 Å². The summed E-state index contributed by atoms with van der Waals surface area (Å²) in [4.78, 5) is 0.129. The van der Waals surface area contributed by atoms with Crippen LogP contribution in [0.25, 0.3) is 0 Å². The summed E-state index contributed by atoms with van der Waals surface area (Å²) in [5.41, 5.74) is 5.92. The van der Waals surface area contributed by atoms with E-state index in [1.807, 2.05) is 0 Å². The fourth-order valence-electron chi connectivity index (χ4n) is 1.45. The molecule has 0 fully saturated rings. The summed E-state index contributed by atoms with van der Waals surface area (Å²) in [5, 5.41) is 0. The van der Waals surface area contributed by atoms with Crippen LogP contribution in [-0.2, 0) is 9.47 Å². The molecule has 0 heterocycles. The van der Waals surface area contributed by atoms with Crippen LogP contribution in [-0.4, -0.2) is 38.5 Å². The lowest BCUT2D eigenvalue weighted by molar-refractivity contribution is 0.0797. The van der Waals surface area contributed by atoms with E-state index in [1.165, 1.54) is 6.07 Å². The molecule has 7 heteroatoms. The molecule has 0 spiro atoms. The molecule has 0 aliphatic heterocycles. The fourth-order valence-corrected chi connectivity index (χ4v) is 2.29. The maximum Gasteiger partial charge on any atom is 0.179 e. The zero-order chi connectivity index (χ0) is 15.0. The van der Waals surface area contributed by atoms with Gasteiger partial charge in [0.15, 0.2) is 11.6 Å². The van der Waals surface area contributed by atoms with Crippen molar-refractivity contribution in [3.63, 3.8) is 0 Å². The number of benzene rings is 1. The van der Waals surface area contributed by atoms with Gasteiger partial charge in [-0.1, -0.05) is 12.2 Å². The highest BCUT2D eigenvalue weighted by Crippen LogP contribution is 2.28. The molecule has 0 aliphatic rings. The van der Waals surface area contributed by atoms with Crippen molar-refractivity contribution < 1.29 is 18.6 Å². The number of hydrogen-bond acceptors (Lipinski definition) is 4. The van der Waals surface area contributed by atoms with Crippen molar-refractivity contribution in [1.29, 1.82) is 0 Å². The van der Waals surface area contributed by atoms with Gasteiger partial charge in [0.05, 0.1) is 11.1 Å². The number of hydrogen-bond donors (Lipinski definition) is 1. The first-order chi connectivity index (χ1) is 9.57. The SMILES string of the molecule is COCCCOCCOc1ccc(C(N)=S)c(Br)c1F. The maximum absolute atomic E-state index is 14.0. The summed E-state index contributed by atoms with van der Waals surface area (Å²) in [6, 6.07) is 3.11. The van der Waals surface area contributed by atoms with Crippen LogP contribution in [0.15, 0.2) is 16.6 Å². The van der Waals surface area contributed by atoms with Crippen LogP contribution in [0.5, 0.6) is 5.75 Å². The molecule has 0 aliphatic carbocycles. The predicted molar refractivity (Wildman–Crippen MR) is 82.8 cm³/mol. The third-order valence-corrected chi connectivity index (χ3v) is 3.43. The summed E-state index contributed by atoms with van der Waals surface area (Å²) < 4.78 is 29.7. The Kier molecular flexibility index (Phi) is 7.98. The summed E-state index contributed by atoms with van der Waals surface area (Å²) >= 11 is 7.93. The fraction of sp³-hybridized carbons (Fsp3) is 0.462. The molecule has 0 saturated heterocycles. The second-order valence-corrected chi connectivity index (χ2v) is 5.14. The summed E-state index contributed by atoms with van der Waals surface area (Å²) in [5.74, 6) is -0.382. The van der Waals surface area contributed by atoms with Crippen molar-refractivity contribution in [2.45, 2.75) is 6.42 Å². The van der Waals surface area contributed by atoms with Crippen molar-refractivity contribution in [2.75, 3.05) is 33.5 Å². The second kappa shape index (κ2) is 9.23. The molecular formula is C13H17BrFNO3S. The Morgan fingerprint density at radius 1 is 1.30 bits per heavy atom. The standard InChI is InChI=1S/C13H17BrFNO3S/c1-17-5-2-6-18-7-8-19-10-4-3-9(13(16)20)11(14)12(10)15/h3-4H,2,5-8H2,1H3,(H2,16,20). The van der Waals surface area contributed by atoms with Gasteiger partial charge in [0.25, 0.3) is 0 Å². The molecule has 0 atom stereocenters. The van der Waals surface area contributed by atoms with Crippen LogP contribution in [0.2, 0.25) is 0 Å². The zero-order valence-corrected chi connectivity index (χ0v) is 13.6. The van der Waals surface area contributed by atoms with Gasteiger partial charge >= 0.3 is 0 Å². The van der Waals surface area contributed by atoms with E-state index in [1.54, 1.807) is 13.2 Å². The van der Waals surface area contributed by atoms with Crippen molar-refractivity contribution in [3.8, 4) is 5.75 Å². The minimum atomic E-state index is -0.519. The quantitative estimate of drug-likeness (QED) is 0.538. The summed E-state index contributed by atoms with van der Waals surface area (Å²) in [7, 11) is 1.64. The molecule has 1 rings (SSSR count). The van der Waals surface area contributed by atoms with Gasteiger partial charge in [-0.25, -0.2) is 4.39 Å². The second-order valence-electron chi connectivity index (χ2n) is 3.91. The largest absolute Gasteiger partial charge is 0.488 e. The third-order valence-electron chi connectivity index (χ3n) is 2.43. The van der Waals surface area contributed by atoms with Gasteiger partial charge in [0.1, 0.15) is 11.6 Å². The first-order valence-corrected chi connectivity index (χ1v) is 7.25. The van der Waals surface area contributed by atoms with E-state index in [0.29, 0.717) is 25.4 Å². The molecule has 4 nitrogen and oxygen atoms in total. The Balaban J connectivity index is 2.41. The zero-order valence-electron chi connectivity index (χ0n) is 11.2. The van der Waals surface area contributed by atoms with Gasteiger partial charge in [0.2, 0.25) is 0 Å². The third kappa shape index (κ3) is 5.32. The topological polar surface area (TPSA) is 53.7 Å². The number of nitrogens with two attached hydrogens (primary N) is 1. The van der Waals surface area contributed by atoms with Gasteiger partial charge in [-0.2, -0.15) is 0 Å². The predicted octanol–water partition coefficient (Wildman–Crippen LogP) is 2.65. The van der Waals surface area contributed by atoms with Crippen LogP contribution in [0.3, 0.4) is 0 Å². The number of halogens is 2. The lowest BCUT2D eigenvalue weighted by Gasteiger charge is -2.11. The van der Waals surface area contributed by atoms with Gasteiger partial charge < -0.3 is 19.9 Å². The Morgan fingerprint density at radius 3 is 2.70 bits per heavy atom. The highest BCUT2D eigenvalue weighted by molar-refractivity contribution is 9.10. The summed E-state index contributed by atoms with van der Waals surface area (Å²) in [6.07, 6.45) is 0.819. The van der Waals surface area contributed by atoms with E-state index in [-0.39, 0.29) is 21.8 Å². The van der Waals surface area contributed by atoms with E-state index in [2.05, 4.69) is 15.9 Å². The molecule has 0 unspecified atom stereocenters. The Bertz CT molecular complexity index is 459. The average molecular weight is 366 g/mol. The maximum atomic E-state index is 14.0. The van der Waals surface area contributed by atoms with Gasteiger partial charge in [-0.3, -0.25) is 0 Å².